The van der Waals surface area contributed by atoms with Crippen LogP contribution in [0.2, 0.25) is 0 Å². The molecule has 0 bridgehead atoms. The zero-order valence-electron chi connectivity index (χ0n) is 25.0. The number of carbonyl (C=O) groups excluding carboxylic acids is 1. The Hall–Kier alpha value is -3.89. The highest BCUT2D eigenvalue weighted by molar-refractivity contribution is 7.90. The van der Waals surface area contributed by atoms with Crippen molar-refractivity contribution in [2.45, 2.75) is 49.0 Å². The molecular formula is C29H27F9N4O4S2. The number of nitrogens with zero attached hydrogens (tertiary/aromatic N) is 1. The summed E-state index contributed by atoms with van der Waals surface area (Å²) in [5, 5.41) is 5.37. The average Bonchev–Trinajstić information content (AvgIpc) is 3.26. The molecule has 1 fully saturated rings. The monoisotopic (exact) mass is 730 g/mol. The molecule has 1 amide bonds. The lowest BCUT2D eigenvalue weighted by Gasteiger charge is -2.37. The van der Waals surface area contributed by atoms with Crippen LogP contribution in [-0.2, 0) is 21.2 Å². The summed E-state index contributed by atoms with van der Waals surface area (Å²) in [7, 11) is -3.28. The Morgan fingerprint density at radius 1 is 1.12 bits per heavy atom. The molecule has 19 heteroatoms. The third-order valence-corrected chi connectivity index (χ3v) is 9.52. The summed E-state index contributed by atoms with van der Waals surface area (Å²) in [5.74, 6) is -1.40. The van der Waals surface area contributed by atoms with Crippen molar-refractivity contribution in [3.63, 3.8) is 0 Å². The predicted octanol–water partition coefficient (Wildman–Crippen LogP) is 6.13. The molecule has 3 aromatic rings. The molecule has 0 aliphatic carbocycles. The van der Waals surface area contributed by atoms with Crippen LogP contribution in [0, 0.1) is 17.7 Å². The first kappa shape index (κ1) is 36.9. The van der Waals surface area contributed by atoms with Gasteiger partial charge in [0.1, 0.15) is 16.5 Å². The molecule has 2 heterocycles. The molecule has 8 nitrogen and oxygen atoms in total. The second-order valence-corrected chi connectivity index (χ2v) is 13.5. The van der Waals surface area contributed by atoms with Gasteiger partial charge in [0.25, 0.3) is 15.9 Å². The quantitative estimate of drug-likeness (QED) is 0.180. The van der Waals surface area contributed by atoms with Crippen molar-refractivity contribution in [2.75, 3.05) is 43.9 Å². The van der Waals surface area contributed by atoms with Gasteiger partial charge in [-0.1, -0.05) is 24.0 Å². The Balaban J connectivity index is 1.66. The van der Waals surface area contributed by atoms with Crippen LogP contribution < -0.4 is 20.1 Å². The predicted molar refractivity (Wildman–Crippen MR) is 160 cm³/mol. The van der Waals surface area contributed by atoms with E-state index in [-0.39, 0.29) is 32.6 Å². The fraction of sp³-hybridized carbons (Fsp3) is 0.414. The lowest BCUT2D eigenvalue weighted by atomic mass is 10.0. The van der Waals surface area contributed by atoms with Gasteiger partial charge in [-0.05, 0) is 30.5 Å². The van der Waals surface area contributed by atoms with E-state index in [4.69, 9.17) is 0 Å². The molecule has 1 aliphatic rings. The SMILES string of the molecule is CC(=O)NS(=O)(=O)c1cc(OCC(F)(F)F)c(NCC#Cc2sc3c(NC4CCN(C)CC4(F)F)cccc3c2CC(F)(F)F)cc1F. The van der Waals surface area contributed by atoms with E-state index in [1.807, 2.05) is 0 Å². The minimum absolute atomic E-state index is 0.0648. The lowest BCUT2D eigenvalue weighted by molar-refractivity contribution is -0.153. The van der Waals surface area contributed by atoms with Gasteiger partial charge in [0.05, 0.1) is 46.5 Å². The number of rotatable bonds is 9. The van der Waals surface area contributed by atoms with Gasteiger partial charge in [-0.15, -0.1) is 11.3 Å². The summed E-state index contributed by atoms with van der Waals surface area (Å²) in [5.41, 5.74) is -0.510. The number of carbonyl (C=O) groups is 1. The number of nitrogens with one attached hydrogen (secondary N) is 3. The Morgan fingerprint density at radius 3 is 2.46 bits per heavy atom. The number of ether oxygens (including phenoxy) is 1. The Morgan fingerprint density at radius 2 is 1.83 bits per heavy atom. The van der Waals surface area contributed by atoms with E-state index in [2.05, 4.69) is 27.2 Å². The third-order valence-electron chi connectivity index (χ3n) is 6.88. The van der Waals surface area contributed by atoms with E-state index < -0.39 is 88.5 Å². The number of sulfonamides is 1. The van der Waals surface area contributed by atoms with Gasteiger partial charge >= 0.3 is 12.4 Å². The maximum Gasteiger partial charge on any atom is 0.422 e. The zero-order valence-corrected chi connectivity index (χ0v) is 26.6. The van der Waals surface area contributed by atoms with Crippen LogP contribution in [0.15, 0.2) is 35.2 Å². The molecule has 1 atom stereocenters. The summed E-state index contributed by atoms with van der Waals surface area (Å²) in [6.07, 6.45) is -10.9. The van der Waals surface area contributed by atoms with E-state index in [0.717, 1.165) is 18.3 Å². The van der Waals surface area contributed by atoms with Crippen LogP contribution in [0.3, 0.4) is 0 Å². The van der Waals surface area contributed by atoms with Crippen molar-refractivity contribution in [1.29, 1.82) is 0 Å². The fourth-order valence-corrected chi connectivity index (χ4v) is 7.14. The topological polar surface area (TPSA) is 99.8 Å². The number of amides is 1. The molecule has 2 aromatic carbocycles. The molecular weight excluding hydrogens is 703 g/mol. The van der Waals surface area contributed by atoms with Crippen molar-refractivity contribution < 1.29 is 57.5 Å². The minimum Gasteiger partial charge on any atom is -0.482 e. The van der Waals surface area contributed by atoms with Gasteiger partial charge in [0.2, 0.25) is 5.91 Å². The van der Waals surface area contributed by atoms with Crippen molar-refractivity contribution in [3.8, 4) is 17.6 Å². The number of piperidine rings is 1. The van der Waals surface area contributed by atoms with Crippen LogP contribution in [0.5, 0.6) is 5.75 Å². The van der Waals surface area contributed by atoms with E-state index in [1.165, 1.54) is 27.8 Å². The summed E-state index contributed by atoms with van der Waals surface area (Å²) in [4.78, 5) is 11.4. The molecule has 4 rings (SSSR count). The summed E-state index contributed by atoms with van der Waals surface area (Å²) < 4.78 is 155. The van der Waals surface area contributed by atoms with E-state index in [0.29, 0.717) is 18.7 Å². The first-order valence-electron chi connectivity index (χ1n) is 13.9. The molecule has 1 aliphatic heterocycles. The maximum absolute atomic E-state index is 14.8. The number of likely N-dealkylation sites (tertiary alicyclic amines) is 1. The zero-order chi connectivity index (χ0) is 35.7. The standard InChI is InChI=1S/C29H27F9N4O4S2/c1-16(43)41-48(44,45)24-12-22(46-15-29(36,37)38)21(11-19(24)30)39-9-4-7-23-18(13-28(33,34)35)17-5-3-6-20(26(17)47-23)40-25-8-10-42(2)14-27(25,31)32/h3,5-6,11-12,25,39-40H,8-10,13-15H2,1-2H3,(H,41,43). The number of alkyl halides is 8. The van der Waals surface area contributed by atoms with Crippen LogP contribution >= 0.6 is 11.3 Å². The summed E-state index contributed by atoms with van der Waals surface area (Å²) in [6, 6.07) is 3.94. The number of hydrogen-bond donors (Lipinski definition) is 3. The van der Waals surface area contributed by atoms with Gasteiger partial charge in [-0.3, -0.25) is 4.79 Å². The van der Waals surface area contributed by atoms with Gasteiger partial charge in [0.15, 0.2) is 6.61 Å². The first-order valence-corrected chi connectivity index (χ1v) is 16.2. The molecule has 1 aromatic heterocycles. The van der Waals surface area contributed by atoms with Gasteiger partial charge in [0, 0.05) is 25.6 Å². The number of halogens is 9. The highest BCUT2D eigenvalue weighted by atomic mass is 32.2. The first-order chi connectivity index (χ1) is 22.1. The molecule has 0 spiro atoms. The van der Waals surface area contributed by atoms with Crippen LogP contribution in [-0.4, -0.2) is 76.8 Å². The maximum atomic E-state index is 14.8. The molecule has 48 heavy (non-hydrogen) atoms. The van der Waals surface area contributed by atoms with Crippen LogP contribution in [0.1, 0.15) is 23.8 Å². The Labute approximate surface area is 272 Å². The van der Waals surface area contributed by atoms with Crippen molar-refractivity contribution in [1.82, 2.24) is 9.62 Å². The normalized spacial score (nSPS) is 17.0. The second-order valence-electron chi connectivity index (χ2n) is 10.9. The molecule has 3 N–H and O–H groups in total. The molecule has 1 unspecified atom stereocenters. The van der Waals surface area contributed by atoms with E-state index >= 15 is 0 Å². The number of hydrogen-bond acceptors (Lipinski definition) is 8. The number of fused-ring (bicyclic) bond motifs is 1. The minimum atomic E-state index is -4.88. The molecule has 1 saturated heterocycles. The highest BCUT2D eigenvalue weighted by Crippen LogP contribution is 2.40. The Bertz CT molecular complexity index is 1850. The molecule has 0 radical (unpaired) electrons. The number of anilines is 2. The highest BCUT2D eigenvalue weighted by Gasteiger charge is 2.44. The smallest absolute Gasteiger partial charge is 0.422 e. The summed E-state index contributed by atoms with van der Waals surface area (Å²) in [6.45, 7) is -1.72. The fourth-order valence-electron chi connectivity index (χ4n) is 4.90. The van der Waals surface area contributed by atoms with Crippen molar-refractivity contribution in [3.05, 3.63) is 46.6 Å². The Kier molecular flexibility index (Phi) is 10.7. The number of benzene rings is 2. The van der Waals surface area contributed by atoms with Crippen molar-refractivity contribution in [2.24, 2.45) is 0 Å². The van der Waals surface area contributed by atoms with E-state index in [1.54, 1.807) is 7.05 Å². The summed E-state index contributed by atoms with van der Waals surface area (Å²) >= 11 is 0.823. The van der Waals surface area contributed by atoms with Gasteiger partial charge in [-0.25, -0.2) is 26.3 Å². The number of thiophene rings is 1. The largest absolute Gasteiger partial charge is 0.482 e. The van der Waals surface area contributed by atoms with Crippen LogP contribution in [0.4, 0.5) is 50.9 Å². The lowest BCUT2D eigenvalue weighted by Crippen LogP contribution is -2.53. The van der Waals surface area contributed by atoms with E-state index in [9.17, 15) is 52.7 Å². The van der Waals surface area contributed by atoms with Crippen LogP contribution in [0.25, 0.3) is 10.1 Å². The molecule has 0 saturated carbocycles. The van der Waals surface area contributed by atoms with Gasteiger partial charge in [-0.2, -0.15) is 26.3 Å². The molecule has 262 valence electrons. The third kappa shape index (κ3) is 9.38. The average molecular weight is 731 g/mol. The van der Waals surface area contributed by atoms with Gasteiger partial charge < -0.3 is 20.3 Å². The van der Waals surface area contributed by atoms with Crippen molar-refractivity contribution >= 4 is 48.7 Å². The second kappa shape index (κ2) is 13.9.